The van der Waals surface area contributed by atoms with Crippen molar-refractivity contribution in [3.63, 3.8) is 0 Å². The van der Waals surface area contributed by atoms with Gasteiger partial charge in [-0.25, -0.2) is 0 Å². The molecule has 0 amide bonds. The SMILES string of the molecule is CCCCCCCCCCCC(=O)OCCOC. The second kappa shape index (κ2) is 14.5. The average Bonchev–Trinajstić information content (AvgIpc) is 2.37. The van der Waals surface area contributed by atoms with Gasteiger partial charge in [0, 0.05) is 13.5 Å². The molecule has 0 unspecified atom stereocenters. The van der Waals surface area contributed by atoms with Crippen LogP contribution in [0.25, 0.3) is 0 Å². The Hall–Kier alpha value is -0.570. The summed E-state index contributed by atoms with van der Waals surface area (Å²) in [4.78, 5) is 11.2. The zero-order valence-electron chi connectivity index (χ0n) is 12.2. The molecule has 0 radical (unpaired) electrons. The fraction of sp³-hybridized carbons (Fsp3) is 0.933. The molecule has 3 heteroatoms. The Morgan fingerprint density at radius 2 is 1.39 bits per heavy atom. The normalized spacial score (nSPS) is 10.6. The molecule has 0 aliphatic heterocycles. The van der Waals surface area contributed by atoms with Crippen molar-refractivity contribution in [3.8, 4) is 0 Å². The lowest BCUT2D eigenvalue weighted by Gasteiger charge is -2.04. The van der Waals surface area contributed by atoms with Crippen molar-refractivity contribution in [2.45, 2.75) is 71.1 Å². The quantitative estimate of drug-likeness (QED) is 0.368. The van der Waals surface area contributed by atoms with Gasteiger partial charge in [-0.1, -0.05) is 58.3 Å². The highest BCUT2D eigenvalue weighted by atomic mass is 16.6. The first-order valence-electron chi connectivity index (χ1n) is 7.45. The Bertz CT molecular complexity index is 181. The van der Waals surface area contributed by atoms with Crippen LogP contribution in [0.5, 0.6) is 0 Å². The van der Waals surface area contributed by atoms with Crippen LogP contribution in [0.2, 0.25) is 0 Å². The van der Waals surface area contributed by atoms with E-state index in [0.717, 1.165) is 12.8 Å². The molecule has 0 saturated carbocycles. The van der Waals surface area contributed by atoms with Crippen LogP contribution in [0, 0.1) is 0 Å². The summed E-state index contributed by atoms with van der Waals surface area (Å²) >= 11 is 0. The number of hydrogen-bond donors (Lipinski definition) is 0. The van der Waals surface area contributed by atoms with Gasteiger partial charge in [0.05, 0.1) is 6.61 Å². The summed E-state index contributed by atoms with van der Waals surface area (Å²) in [5.74, 6) is -0.0880. The van der Waals surface area contributed by atoms with Crippen LogP contribution in [-0.4, -0.2) is 26.3 Å². The zero-order valence-corrected chi connectivity index (χ0v) is 12.2. The maximum absolute atomic E-state index is 11.2. The van der Waals surface area contributed by atoms with Crippen molar-refractivity contribution in [2.24, 2.45) is 0 Å². The Morgan fingerprint density at radius 3 is 1.94 bits per heavy atom. The van der Waals surface area contributed by atoms with Gasteiger partial charge in [-0.05, 0) is 6.42 Å². The van der Waals surface area contributed by atoms with E-state index in [1.165, 1.54) is 44.9 Å². The Kier molecular flexibility index (Phi) is 14.0. The van der Waals surface area contributed by atoms with Crippen molar-refractivity contribution in [1.82, 2.24) is 0 Å². The minimum atomic E-state index is -0.0880. The lowest BCUT2D eigenvalue weighted by molar-refractivity contribution is -0.145. The summed E-state index contributed by atoms with van der Waals surface area (Å²) in [6, 6.07) is 0. The maximum Gasteiger partial charge on any atom is 0.305 e. The van der Waals surface area contributed by atoms with Crippen LogP contribution in [0.15, 0.2) is 0 Å². The molecule has 0 aliphatic carbocycles. The van der Waals surface area contributed by atoms with E-state index < -0.39 is 0 Å². The molecule has 0 aromatic heterocycles. The number of rotatable bonds is 13. The highest BCUT2D eigenvalue weighted by Gasteiger charge is 2.01. The van der Waals surface area contributed by atoms with E-state index in [-0.39, 0.29) is 5.97 Å². The predicted octanol–water partition coefficient (Wildman–Crippen LogP) is 4.10. The van der Waals surface area contributed by atoms with Crippen LogP contribution in [0.1, 0.15) is 71.1 Å². The molecule has 0 heterocycles. The molecule has 0 rings (SSSR count). The fourth-order valence-electron chi connectivity index (χ4n) is 1.89. The van der Waals surface area contributed by atoms with Crippen molar-refractivity contribution >= 4 is 5.97 Å². The van der Waals surface area contributed by atoms with Gasteiger partial charge in [0.25, 0.3) is 0 Å². The zero-order chi connectivity index (χ0) is 13.5. The third kappa shape index (κ3) is 13.5. The number of carbonyl (C=O) groups excluding carboxylic acids is 1. The number of hydrogen-bond acceptors (Lipinski definition) is 3. The van der Waals surface area contributed by atoms with Crippen molar-refractivity contribution in [2.75, 3.05) is 20.3 Å². The number of esters is 1. The highest BCUT2D eigenvalue weighted by Crippen LogP contribution is 2.10. The summed E-state index contributed by atoms with van der Waals surface area (Å²) in [5.41, 5.74) is 0. The van der Waals surface area contributed by atoms with Gasteiger partial charge in [-0.15, -0.1) is 0 Å². The molecule has 0 N–H and O–H groups in total. The van der Waals surface area contributed by atoms with Crippen LogP contribution < -0.4 is 0 Å². The molecule has 0 aromatic carbocycles. The summed E-state index contributed by atoms with van der Waals surface area (Å²) < 4.78 is 9.80. The van der Waals surface area contributed by atoms with Gasteiger partial charge in [0.15, 0.2) is 0 Å². The van der Waals surface area contributed by atoms with Gasteiger partial charge >= 0.3 is 5.97 Å². The maximum atomic E-state index is 11.2. The van der Waals surface area contributed by atoms with Crippen LogP contribution in [-0.2, 0) is 14.3 Å². The number of carbonyl (C=O) groups is 1. The van der Waals surface area contributed by atoms with E-state index in [1.807, 2.05) is 0 Å². The standard InChI is InChI=1S/C15H30O3/c1-3-4-5-6-7-8-9-10-11-12-15(16)18-14-13-17-2/h3-14H2,1-2H3. The molecule has 0 aliphatic rings. The van der Waals surface area contributed by atoms with E-state index in [4.69, 9.17) is 9.47 Å². The first-order chi connectivity index (χ1) is 8.81. The summed E-state index contributed by atoms with van der Waals surface area (Å²) in [7, 11) is 1.61. The first kappa shape index (κ1) is 17.4. The molecule has 108 valence electrons. The van der Waals surface area contributed by atoms with Gasteiger partial charge in [-0.2, -0.15) is 0 Å². The summed E-state index contributed by atoms with van der Waals surface area (Å²) in [5, 5.41) is 0. The lowest BCUT2D eigenvalue weighted by atomic mass is 10.1. The van der Waals surface area contributed by atoms with E-state index in [0.29, 0.717) is 19.6 Å². The molecule has 0 saturated heterocycles. The molecular weight excluding hydrogens is 228 g/mol. The lowest BCUT2D eigenvalue weighted by Crippen LogP contribution is -2.09. The van der Waals surface area contributed by atoms with Crippen LogP contribution in [0.4, 0.5) is 0 Å². The molecule has 0 aromatic rings. The second-order valence-electron chi connectivity index (χ2n) is 4.79. The largest absolute Gasteiger partial charge is 0.463 e. The molecule has 18 heavy (non-hydrogen) atoms. The van der Waals surface area contributed by atoms with E-state index in [2.05, 4.69) is 6.92 Å². The van der Waals surface area contributed by atoms with E-state index >= 15 is 0 Å². The van der Waals surface area contributed by atoms with E-state index in [1.54, 1.807) is 7.11 Å². The molecule has 0 atom stereocenters. The van der Waals surface area contributed by atoms with Gasteiger partial charge in [-0.3, -0.25) is 4.79 Å². The second-order valence-corrected chi connectivity index (χ2v) is 4.79. The van der Waals surface area contributed by atoms with Crippen LogP contribution in [0.3, 0.4) is 0 Å². The Balaban J connectivity index is 3.08. The summed E-state index contributed by atoms with van der Waals surface area (Å²) in [6.07, 6.45) is 12.0. The molecular formula is C15H30O3. The van der Waals surface area contributed by atoms with Crippen molar-refractivity contribution in [3.05, 3.63) is 0 Å². The minimum Gasteiger partial charge on any atom is -0.463 e. The molecule has 0 bridgehead atoms. The van der Waals surface area contributed by atoms with E-state index in [9.17, 15) is 4.79 Å². The number of ether oxygens (including phenoxy) is 2. The predicted molar refractivity (Wildman–Crippen MR) is 74.7 cm³/mol. The van der Waals surface area contributed by atoms with Crippen molar-refractivity contribution in [1.29, 1.82) is 0 Å². The minimum absolute atomic E-state index is 0.0880. The summed E-state index contributed by atoms with van der Waals surface area (Å²) in [6.45, 7) is 3.11. The monoisotopic (exact) mass is 258 g/mol. The third-order valence-electron chi connectivity index (χ3n) is 3.03. The third-order valence-corrected chi connectivity index (χ3v) is 3.03. The van der Waals surface area contributed by atoms with Gasteiger partial charge in [0.2, 0.25) is 0 Å². The number of unbranched alkanes of at least 4 members (excludes halogenated alkanes) is 8. The smallest absolute Gasteiger partial charge is 0.305 e. The molecule has 3 nitrogen and oxygen atoms in total. The number of methoxy groups -OCH3 is 1. The highest BCUT2D eigenvalue weighted by molar-refractivity contribution is 5.69. The first-order valence-corrected chi connectivity index (χ1v) is 7.45. The van der Waals surface area contributed by atoms with Gasteiger partial charge in [0.1, 0.15) is 6.61 Å². The fourth-order valence-corrected chi connectivity index (χ4v) is 1.89. The average molecular weight is 258 g/mol. The molecule has 0 spiro atoms. The Morgan fingerprint density at radius 1 is 0.833 bits per heavy atom. The van der Waals surface area contributed by atoms with Crippen molar-refractivity contribution < 1.29 is 14.3 Å². The molecule has 0 fully saturated rings. The van der Waals surface area contributed by atoms with Gasteiger partial charge < -0.3 is 9.47 Å². The topological polar surface area (TPSA) is 35.5 Å². The Labute approximate surface area is 112 Å². The van der Waals surface area contributed by atoms with Crippen LogP contribution >= 0.6 is 0 Å².